The number of carboxylic acids is 1. The van der Waals surface area contributed by atoms with Crippen molar-refractivity contribution in [1.29, 1.82) is 0 Å². The standard InChI is InChI=1S/C10H17NO4/c1-10(9(13)14)4-3-5-11(7-10)8(12)6-15-2/h3-7H2,1-2H3,(H,13,14)/t10-/m1/s1. The van der Waals surface area contributed by atoms with Gasteiger partial charge in [-0.3, -0.25) is 9.59 Å². The van der Waals surface area contributed by atoms with Crippen LogP contribution in [-0.4, -0.2) is 48.7 Å². The molecular formula is C10H17NO4. The van der Waals surface area contributed by atoms with Crippen LogP contribution in [0.2, 0.25) is 0 Å². The third-order valence-corrected chi connectivity index (χ3v) is 2.83. The highest BCUT2D eigenvalue weighted by Crippen LogP contribution is 2.29. The number of piperidine rings is 1. The van der Waals surface area contributed by atoms with E-state index in [9.17, 15) is 9.59 Å². The molecule has 0 aromatic rings. The highest BCUT2D eigenvalue weighted by atomic mass is 16.5. The first-order valence-electron chi connectivity index (χ1n) is 5.00. The number of methoxy groups -OCH3 is 1. The molecule has 1 atom stereocenters. The van der Waals surface area contributed by atoms with Gasteiger partial charge in [0.25, 0.3) is 0 Å². The lowest BCUT2D eigenvalue weighted by Gasteiger charge is -2.37. The molecule has 0 aliphatic carbocycles. The van der Waals surface area contributed by atoms with Crippen LogP contribution in [0.5, 0.6) is 0 Å². The molecule has 1 saturated heterocycles. The molecule has 1 aliphatic heterocycles. The SMILES string of the molecule is COCC(=O)N1CCC[C@@](C)(C(=O)O)C1. The Morgan fingerprint density at radius 2 is 2.20 bits per heavy atom. The highest BCUT2D eigenvalue weighted by molar-refractivity contribution is 5.80. The second-order valence-electron chi connectivity index (χ2n) is 4.22. The molecule has 0 bridgehead atoms. The third kappa shape index (κ3) is 2.68. The fraction of sp³-hybridized carbons (Fsp3) is 0.800. The molecule has 1 rings (SSSR count). The number of carboxylic acid groups (broad SMARTS) is 1. The maximum absolute atomic E-state index is 11.5. The number of hydrogen-bond acceptors (Lipinski definition) is 3. The van der Waals surface area contributed by atoms with E-state index < -0.39 is 11.4 Å². The number of nitrogens with zero attached hydrogens (tertiary/aromatic N) is 1. The molecule has 1 aliphatic rings. The van der Waals surface area contributed by atoms with E-state index >= 15 is 0 Å². The highest BCUT2D eigenvalue weighted by Gasteiger charge is 2.39. The molecule has 0 spiro atoms. The largest absolute Gasteiger partial charge is 0.481 e. The number of amides is 1. The first kappa shape index (κ1) is 12.0. The lowest BCUT2D eigenvalue weighted by molar-refractivity contribution is -0.154. The van der Waals surface area contributed by atoms with Crippen molar-refractivity contribution in [2.75, 3.05) is 26.8 Å². The summed E-state index contributed by atoms with van der Waals surface area (Å²) >= 11 is 0. The van der Waals surface area contributed by atoms with Crippen LogP contribution < -0.4 is 0 Å². The maximum atomic E-state index is 11.5. The molecule has 1 fully saturated rings. The van der Waals surface area contributed by atoms with Gasteiger partial charge in [0.1, 0.15) is 6.61 Å². The Bertz CT molecular complexity index is 266. The van der Waals surface area contributed by atoms with Crippen LogP contribution >= 0.6 is 0 Å². The van der Waals surface area contributed by atoms with Crippen LogP contribution in [0.4, 0.5) is 0 Å². The van der Waals surface area contributed by atoms with Gasteiger partial charge in [0.2, 0.25) is 5.91 Å². The molecule has 0 unspecified atom stereocenters. The average Bonchev–Trinajstić information content (AvgIpc) is 2.18. The van der Waals surface area contributed by atoms with Gasteiger partial charge in [-0.1, -0.05) is 0 Å². The van der Waals surface area contributed by atoms with Crippen LogP contribution in [-0.2, 0) is 14.3 Å². The van der Waals surface area contributed by atoms with Crippen LogP contribution in [0.15, 0.2) is 0 Å². The molecule has 15 heavy (non-hydrogen) atoms. The van der Waals surface area contributed by atoms with Gasteiger partial charge in [0.15, 0.2) is 0 Å². The lowest BCUT2D eigenvalue weighted by Crippen LogP contribution is -2.49. The van der Waals surface area contributed by atoms with Crippen LogP contribution in [0.25, 0.3) is 0 Å². The van der Waals surface area contributed by atoms with Gasteiger partial charge in [-0.25, -0.2) is 0 Å². The zero-order chi connectivity index (χ0) is 11.5. The molecule has 1 amide bonds. The fourth-order valence-electron chi connectivity index (χ4n) is 1.84. The van der Waals surface area contributed by atoms with Crippen molar-refractivity contribution in [3.8, 4) is 0 Å². The van der Waals surface area contributed by atoms with Crippen molar-refractivity contribution < 1.29 is 19.4 Å². The van der Waals surface area contributed by atoms with Gasteiger partial charge < -0.3 is 14.7 Å². The molecule has 86 valence electrons. The number of likely N-dealkylation sites (tertiary alicyclic amines) is 1. The summed E-state index contributed by atoms with van der Waals surface area (Å²) < 4.78 is 4.75. The molecule has 0 saturated carbocycles. The van der Waals surface area contributed by atoms with Gasteiger partial charge in [0, 0.05) is 20.2 Å². The number of carbonyl (C=O) groups excluding carboxylic acids is 1. The number of rotatable bonds is 3. The Morgan fingerprint density at radius 1 is 1.53 bits per heavy atom. The van der Waals surface area contributed by atoms with Crippen molar-refractivity contribution in [3.63, 3.8) is 0 Å². The van der Waals surface area contributed by atoms with E-state index in [1.807, 2.05) is 0 Å². The smallest absolute Gasteiger partial charge is 0.311 e. The van der Waals surface area contributed by atoms with Crippen LogP contribution in [0.1, 0.15) is 19.8 Å². The minimum absolute atomic E-state index is 0.0235. The minimum Gasteiger partial charge on any atom is -0.481 e. The van der Waals surface area contributed by atoms with E-state index in [4.69, 9.17) is 9.84 Å². The summed E-state index contributed by atoms with van der Waals surface area (Å²) in [6.45, 7) is 2.62. The fourth-order valence-corrected chi connectivity index (χ4v) is 1.84. The summed E-state index contributed by atoms with van der Waals surface area (Å²) in [5.41, 5.74) is -0.804. The topological polar surface area (TPSA) is 66.8 Å². The Labute approximate surface area is 89.0 Å². The maximum Gasteiger partial charge on any atom is 0.311 e. The number of aliphatic carboxylic acids is 1. The summed E-state index contributed by atoms with van der Waals surface area (Å²) in [7, 11) is 1.46. The predicted octanol–water partition coefficient (Wildman–Crippen LogP) is 0.346. The van der Waals surface area contributed by atoms with Crippen molar-refractivity contribution >= 4 is 11.9 Å². The Hall–Kier alpha value is -1.10. The normalized spacial score (nSPS) is 26.4. The van der Waals surface area contributed by atoms with Crippen LogP contribution in [0, 0.1) is 5.41 Å². The summed E-state index contributed by atoms with van der Waals surface area (Å²) in [6.07, 6.45) is 1.36. The second-order valence-corrected chi connectivity index (χ2v) is 4.22. The predicted molar refractivity (Wildman–Crippen MR) is 53.4 cm³/mol. The van der Waals surface area contributed by atoms with Gasteiger partial charge in [-0.15, -0.1) is 0 Å². The van der Waals surface area contributed by atoms with E-state index in [0.717, 1.165) is 6.42 Å². The van der Waals surface area contributed by atoms with E-state index in [0.29, 0.717) is 13.0 Å². The number of ether oxygens (including phenoxy) is 1. The molecular weight excluding hydrogens is 198 g/mol. The minimum atomic E-state index is -0.836. The zero-order valence-corrected chi connectivity index (χ0v) is 9.15. The van der Waals surface area contributed by atoms with Crippen molar-refractivity contribution in [2.45, 2.75) is 19.8 Å². The Balaban J connectivity index is 2.63. The first-order valence-corrected chi connectivity index (χ1v) is 5.00. The first-order chi connectivity index (χ1) is 6.99. The van der Waals surface area contributed by atoms with E-state index in [1.165, 1.54) is 7.11 Å². The molecule has 0 aromatic heterocycles. The van der Waals surface area contributed by atoms with E-state index in [1.54, 1.807) is 11.8 Å². The van der Waals surface area contributed by atoms with Gasteiger partial charge in [-0.05, 0) is 19.8 Å². The van der Waals surface area contributed by atoms with E-state index in [2.05, 4.69) is 0 Å². The van der Waals surface area contributed by atoms with Gasteiger partial charge in [-0.2, -0.15) is 0 Å². The van der Waals surface area contributed by atoms with Crippen LogP contribution in [0.3, 0.4) is 0 Å². The van der Waals surface area contributed by atoms with Crippen molar-refractivity contribution in [1.82, 2.24) is 4.90 Å². The number of carbonyl (C=O) groups is 2. The van der Waals surface area contributed by atoms with Crippen molar-refractivity contribution in [3.05, 3.63) is 0 Å². The molecule has 0 aromatic carbocycles. The second kappa shape index (κ2) is 4.61. The summed E-state index contributed by atoms with van der Waals surface area (Å²) in [6, 6.07) is 0. The van der Waals surface area contributed by atoms with Gasteiger partial charge >= 0.3 is 5.97 Å². The lowest BCUT2D eigenvalue weighted by atomic mass is 9.82. The van der Waals surface area contributed by atoms with E-state index in [-0.39, 0.29) is 19.1 Å². The molecule has 1 N–H and O–H groups in total. The molecule has 1 heterocycles. The Kier molecular flexibility index (Phi) is 3.68. The quantitative estimate of drug-likeness (QED) is 0.737. The van der Waals surface area contributed by atoms with Crippen molar-refractivity contribution in [2.24, 2.45) is 5.41 Å². The summed E-state index contributed by atoms with van der Waals surface area (Å²) in [5, 5.41) is 9.06. The summed E-state index contributed by atoms with van der Waals surface area (Å²) in [5.74, 6) is -0.970. The van der Waals surface area contributed by atoms with Gasteiger partial charge in [0.05, 0.1) is 5.41 Å². The Morgan fingerprint density at radius 3 is 2.73 bits per heavy atom. The monoisotopic (exact) mass is 215 g/mol. The number of hydrogen-bond donors (Lipinski definition) is 1. The zero-order valence-electron chi connectivity index (χ0n) is 9.15. The summed E-state index contributed by atoms with van der Waals surface area (Å²) in [4.78, 5) is 24.1. The third-order valence-electron chi connectivity index (χ3n) is 2.83. The average molecular weight is 215 g/mol. The molecule has 0 radical (unpaired) electrons. The molecule has 5 nitrogen and oxygen atoms in total. The molecule has 5 heteroatoms.